The molecule has 216 valence electrons. The van der Waals surface area contributed by atoms with Gasteiger partial charge < -0.3 is 24.3 Å². The van der Waals surface area contributed by atoms with Gasteiger partial charge in [0.1, 0.15) is 24.3 Å². The number of likely N-dealkylation sites (N-methyl/N-ethyl adjacent to an activating group) is 1. The van der Waals surface area contributed by atoms with Crippen molar-refractivity contribution in [1.82, 2.24) is 19.8 Å². The molecule has 0 spiro atoms. The first-order valence-electron chi connectivity index (χ1n) is 13.9. The standard InChI is InChI=1S/C31H30F2N6O2S/c1-4-28(40)39-12-11-38(17-21(39)16-34-2)30-24-14-25(32)23(22-9-5-7-19-13-27(33)42-29(19)22)15-26(24)35-31(36-30)41-18-20-8-6-10-37(20)3/h4-5,7,9,13-15,20-21H,1,6,8,10-12,16-18H2,3H3/t20-,21-/m0/s1. The van der Waals surface area contributed by atoms with Crippen molar-refractivity contribution in [2.75, 3.05) is 51.3 Å². The van der Waals surface area contributed by atoms with Crippen LogP contribution >= 0.6 is 11.3 Å². The second kappa shape index (κ2) is 11.6. The molecule has 2 saturated heterocycles. The number of halogens is 2. The highest BCUT2D eigenvalue weighted by molar-refractivity contribution is 7.18. The number of likely N-dealkylation sites (tertiary alicyclic amines) is 1. The molecular formula is C31H30F2N6O2S. The normalized spacial score (nSPS) is 19.4. The molecule has 2 aromatic heterocycles. The second-order valence-corrected chi connectivity index (χ2v) is 11.7. The maximum Gasteiger partial charge on any atom is 0.319 e. The summed E-state index contributed by atoms with van der Waals surface area (Å²) in [6.07, 6.45) is 3.38. The Kier molecular flexibility index (Phi) is 7.75. The summed E-state index contributed by atoms with van der Waals surface area (Å²) in [6, 6.07) is 9.97. The number of thiophene rings is 1. The summed E-state index contributed by atoms with van der Waals surface area (Å²) in [7, 11) is 2.07. The summed E-state index contributed by atoms with van der Waals surface area (Å²) in [5, 5.41) is 0.871. The molecule has 4 aromatic rings. The fraction of sp³-hybridized carbons (Fsp3) is 0.355. The predicted molar refractivity (Wildman–Crippen MR) is 161 cm³/mol. The van der Waals surface area contributed by atoms with Crippen molar-refractivity contribution in [3.63, 3.8) is 0 Å². The van der Waals surface area contributed by atoms with Crippen LogP contribution in [0, 0.1) is 17.5 Å². The maximum atomic E-state index is 15.9. The molecule has 2 fully saturated rings. The number of rotatable bonds is 7. The lowest BCUT2D eigenvalue weighted by atomic mass is 10.0. The Hall–Kier alpha value is -4.14. The van der Waals surface area contributed by atoms with Gasteiger partial charge in [-0.2, -0.15) is 14.4 Å². The van der Waals surface area contributed by atoms with Gasteiger partial charge in [-0.25, -0.2) is 11.0 Å². The molecule has 0 unspecified atom stereocenters. The average molecular weight is 589 g/mol. The first-order valence-corrected chi connectivity index (χ1v) is 14.7. The van der Waals surface area contributed by atoms with Crippen molar-refractivity contribution >= 4 is 44.1 Å². The van der Waals surface area contributed by atoms with Gasteiger partial charge in [-0.1, -0.05) is 24.8 Å². The molecule has 0 bridgehead atoms. The van der Waals surface area contributed by atoms with Crippen molar-refractivity contribution in [3.8, 4) is 17.1 Å². The monoisotopic (exact) mass is 588 g/mol. The van der Waals surface area contributed by atoms with E-state index in [0.717, 1.165) is 30.7 Å². The van der Waals surface area contributed by atoms with Crippen LogP contribution in [-0.4, -0.2) is 84.1 Å². The van der Waals surface area contributed by atoms with E-state index in [0.29, 0.717) is 64.2 Å². The van der Waals surface area contributed by atoms with E-state index in [2.05, 4.69) is 23.4 Å². The topological polar surface area (TPSA) is 66.2 Å². The predicted octanol–water partition coefficient (Wildman–Crippen LogP) is 5.39. The minimum atomic E-state index is -0.479. The Morgan fingerprint density at radius 2 is 2.05 bits per heavy atom. The van der Waals surface area contributed by atoms with Crippen LogP contribution in [0.15, 0.2) is 49.1 Å². The van der Waals surface area contributed by atoms with Crippen LogP contribution in [0.25, 0.3) is 37.0 Å². The summed E-state index contributed by atoms with van der Waals surface area (Å²) in [5.74, 6) is -0.218. The number of carbonyl (C=O) groups excluding carboxylic acids is 1. The first kappa shape index (κ1) is 28.0. The number of anilines is 1. The van der Waals surface area contributed by atoms with Gasteiger partial charge in [-0.3, -0.25) is 4.79 Å². The Balaban J connectivity index is 1.44. The van der Waals surface area contributed by atoms with Crippen LogP contribution < -0.4 is 9.64 Å². The second-order valence-electron chi connectivity index (χ2n) is 10.7. The summed E-state index contributed by atoms with van der Waals surface area (Å²) in [5.41, 5.74) is 1.39. The largest absolute Gasteiger partial charge is 0.462 e. The van der Waals surface area contributed by atoms with E-state index in [1.165, 1.54) is 18.2 Å². The van der Waals surface area contributed by atoms with Crippen LogP contribution in [0.1, 0.15) is 12.8 Å². The molecule has 2 aliphatic heterocycles. The molecule has 2 aromatic carbocycles. The third kappa shape index (κ3) is 5.28. The number of fused-ring (bicyclic) bond motifs is 2. The maximum absolute atomic E-state index is 15.9. The van der Waals surface area contributed by atoms with Crippen LogP contribution in [0.2, 0.25) is 0 Å². The van der Waals surface area contributed by atoms with E-state index in [1.54, 1.807) is 29.2 Å². The molecule has 6 rings (SSSR count). The van der Waals surface area contributed by atoms with E-state index in [1.807, 2.05) is 4.90 Å². The molecule has 42 heavy (non-hydrogen) atoms. The van der Waals surface area contributed by atoms with Crippen LogP contribution in [0.4, 0.5) is 14.6 Å². The van der Waals surface area contributed by atoms with Gasteiger partial charge in [0, 0.05) is 46.9 Å². The summed E-state index contributed by atoms with van der Waals surface area (Å²) < 4.78 is 36.8. The highest BCUT2D eigenvalue weighted by atomic mass is 32.1. The molecule has 0 N–H and O–H groups in total. The van der Waals surface area contributed by atoms with Crippen LogP contribution in [0.3, 0.4) is 0 Å². The average Bonchev–Trinajstić information content (AvgIpc) is 3.59. The van der Waals surface area contributed by atoms with E-state index in [9.17, 15) is 9.18 Å². The number of amides is 1. The summed E-state index contributed by atoms with van der Waals surface area (Å²) >= 11 is 0.981. The third-order valence-electron chi connectivity index (χ3n) is 8.17. The number of hydrogen-bond donors (Lipinski definition) is 0. The highest BCUT2D eigenvalue weighted by Gasteiger charge is 2.33. The van der Waals surface area contributed by atoms with Crippen molar-refractivity contribution in [2.24, 2.45) is 0 Å². The van der Waals surface area contributed by atoms with Gasteiger partial charge in [-0.15, -0.1) is 11.3 Å². The van der Waals surface area contributed by atoms with E-state index < -0.39 is 5.82 Å². The zero-order valence-corrected chi connectivity index (χ0v) is 24.0. The molecule has 4 heterocycles. The first-order chi connectivity index (χ1) is 20.4. The van der Waals surface area contributed by atoms with Gasteiger partial charge >= 0.3 is 6.01 Å². The van der Waals surface area contributed by atoms with Crippen LogP contribution in [-0.2, 0) is 4.79 Å². The van der Waals surface area contributed by atoms with Crippen molar-refractivity contribution in [2.45, 2.75) is 24.9 Å². The third-order valence-corrected chi connectivity index (χ3v) is 9.14. The molecule has 0 aliphatic carbocycles. The molecule has 2 aliphatic rings. The Labute approximate surface area is 246 Å². The minimum Gasteiger partial charge on any atom is -0.462 e. The highest BCUT2D eigenvalue weighted by Crippen LogP contribution is 2.38. The SMILES string of the molecule is [C-]#[N+]C[C@H]1CN(c2nc(OC[C@@H]3CCCN3C)nc3cc(-c4cccc5cc(F)sc45)c(F)cc23)CCN1C(=O)C=C. The molecule has 0 saturated carbocycles. The molecule has 1 amide bonds. The van der Waals surface area contributed by atoms with Crippen molar-refractivity contribution in [1.29, 1.82) is 0 Å². The smallest absolute Gasteiger partial charge is 0.319 e. The lowest BCUT2D eigenvalue weighted by Gasteiger charge is -2.39. The molecular weight excluding hydrogens is 558 g/mol. The Morgan fingerprint density at radius 3 is 2.81 bits per heavy atom. The number of hydrogen-bond acceptors (Lipinski definition) is 7. The molecule has 2 atom stereocenters. The molecule has 11 heteroatoms. The van der Waals surface area contributed by atoms with Gasteiger partial charge in [-0.05, 0) is 56.1 Å². The van der Waals surface area contributed by atoms with E-state index >= 15 is 4.39 Å². The fourth-order valence-corrected chi connectivity index (χ4v) is 6.86. The van der Waals surface area contributed by atoms with E-state index in [-0.39, 0.29) is 35.7 Å². The zero-order valence-electron chi connectivity index (χ0n) is 23.2. The van der Waals surface area contributed by atoms with Crippen molar-refractivity contribution in [3.05, 3.63) is 71.4 Å². The van der Waals surface area contributed by atoms with Gasteiger partial charge in [0.05, 0.1) is 5.52 Å². The number of carbonyl (C=O) groups is 1. The number of aromatic nitrogens is 2. The number of benzene rings is 2. The van der Waals surface area contributed by atoms with Crippen molar-refractivity contribution < 1.29 is 18.3 Å². The van der Waals surface area contributed by atoms with E-state index in [4.69, 9.17) is 21.3 Å². The zero-order chi connectivity index (χ0) is 29.4. The lowest BCUT2D eigenvalue weighted by molar-refractivity contribution is -0.128. The fourth-order valence-electron chi connectivity index (χ4n) is 5.95. The summed E-state index contributed by atoms with van der Waals surface area (Å²) in [4.78, 5) is 31.3. The van der Waals surface area contributed by atoms with Gasteiger partial charge in [0.2, 0.25) is 12.5 Å². The summed E-state index contributed by atoms with van der Waals surface area (Å²) in [6.45, 7) is 13.7. The Morgan fingerprint density at radius 1 is 1.19 bits per heavy atom. The number of nitrogens with zero attached hydrogens (tertiary/aromatic N) is 6. The quantitative estimate of drug-likeness (QED) is 0.213. The Bertz CT molecular complexity index is 1720. The number of piperazine rings is 1. The van der Waals surface area contributed by atoms with Gasteiger partial charge in [0.15, 0.2) is 5.13 Å². The van der Waals surface area contributed by atoms with Crippen LogP contribution in [0.5, 0.6) is 6.01 Å². The molecule has 0 radical (unpaired) electrons. The lowest BCUT2D eigenvalue weighted by Crippen LogP contribution is -2.56. The number of ether oxygens (including phenoxy) is 1. The molecule has 8 nitrogen and oxygen atoms in total. The van der Waals surface area contributed by atoms with Gasteiger partial charge in [0.25, 0.3) is 0 Å². The minimum absolute atomic E-state index is 0.121.